The molecule has 1 aromatic rings. The normalized spacial score (nSPS) is 27.7. The molecule has 2 heterocycles. The summed E-state index contributed by atoms with van der Waals surface area (Å²) >= 11 is 0. The second-order valence-corrected chi connectivity index (χ2v) is 6.25. The van der Waals surface area contributed by atoms with Gasteiger partial charge in [-0.05, 0) is 25.5 Å². The molecule has 23 heavy (non-hydrogen) atoms. The van der Waals surface area contributed by atoms with Crippen molar-refractivity contribution in [3.63, 3.8) is 0 Å². The highest BCUT2D eigenvalue weighted by atomic mass is 16.5. The molecule has 0 N–H and O–H groups in total. The fourth-order valence-corrected chi connectivity index (χ4v) is 3.50. The first-order valence-electron chi connectivity index (χ1n) is 7.83. The maximum Gasteiger partial charge on any atom is 0.253 e. The first-order chi connectivity index (χ1) is 11.0. The van der Waals surface area contributed by atoms with Crippen LogP contribution in [0.1, 0.15) is 13.3 Å². The molecule has 0 bridgehead atoms. The lowest BCUT2D eigenvalue weighted by Gasteiger charge is -2.52. The molecule has 0 radical (unpaired) electrons. The Morgan fingerprint density at radius 3 is 2.83 bits per heavy atom. The number of carbonyl (C=O) groups is 2. The smallest absolute Gasteiger partial charge is 0.253 e. The zero-order chi connectivity index (χ0) is 16.4. The lowest BCUT2D eigenvalue weighted by molar-refractivity contribution is -0.159. The highest BCUT2D eigenvalue weighted by Crippen LogP contribution is 2.35. The molecule has 2 aliphatic rings. The van der Waals surface area contributed by atoms with Crippen molar-refractivity contribution < 1.29 is 19.1 Å². The van der Waals surface area contributed by atoms with Crippen molar-refractivity contribution in [2.45, 2.75) is 25.0 Å². The zero-order valence-electron chi connectivity index (χ0n) is 13.5. The summed E-state index contributed by atoms with van der Waals surface area (Å²) in [4.78, 5) is 28.1. The van der Waals surface area contributed by atoms with Gasteiger partial charge in [-0.3, -0.25) is 9.59 Å². The molecule has 124 valence electrons. The largest absolute Gasteiger partial charge is 0.375 e. The minimum Gasteiger partial charge on any atom is -0.375 e. The van der Waals surface area contributed by atoms with E-state index >= 15 is 0 Å². The third-order valence-corrected chi connectivity index (χ3v) is 4.64. The number of methoxy groups -OCH3 is 1. The van der Waals surface area contributed by atoms with E-state index < -0.39 is 5.60 Å². The number of anilines is 1. The van der Waals surface area contributed by atoms with Gasteiger partial charge in [0.25, 0.3) is 5.91 Å². The predicted molar refractivity (Wildman–Crippen MR) is 85.1 cm³/mol. The third kappa shape index (κ3) is 2.96. The molecule has 0 saturated carbocycles. The zero-order valence-corrected chi connectivity index (χ0v) is 13.5. The Morgan fingerprint density at radius 2 is 2.13 bits per heavy atom. The van der Waals surface area contributed by atoms with Crippen molar-refractivity contribution in [3.05, 3.63) is 30.3 Å². The molecule has 6 heteroatoms. The molecule has 0 aromatic heterocycles. The molecule has 1 aromatic carbocycles. The fraction of sp³-hybridized carbons (Fsp3) is 0.529. The van der Waals surface area contributed by atoms with Crippen LogP contribution in [0.25, 0.3) is 0 Å². The number of likely N-dealkylation sites (tertiary alicyclic amines) is 1. The molecule has 2 atom stereocenters. The van der Waals surface area contributed by atoms with E-state index in [2.05, 4.69) is 0 Å². The summed E-state index contributed by atoms with van der Waals surface area (Å²) in [7, 11) is 1.51. The maximum atomic E-state index is 12.4. The van der Waals surface area contributed by atoms with Gasteiger partial charge in [-0.25, -0.2) is 0 Å². The van der Waals surface area contributed by atoms with E-state index in [4.69, 9.17) is 9.47 Å². The van der Waals surface area contributed by atoms with E-state index in [1.54, 1.807) is 4.90 Å². The number of hydrogen-bond acceptors (Lipinski definition) is 4. The lowest BCUT2D eigenvalue weighted by atomic mass is 9.85. The average molecular weight is 318 g/mol. The molecule has 0 spiro atoms. The van der Waals surface area contributed by atoms with Gasteiger partial charge in [0.15, 0.2) is 0 Å². The van der Waals surface area contributed by atoms with Gasteiger partial charge in [-0.15, -0.1) is 0 Å². The summed E-state index contributed by atoms with van der Waals surface area (Å²) in [6, 6.07) is 9.58. The van der Waals surface area contributed by atoms with Crippen molar-refractivity contribution in [3.8, 4) is 0 Å². The Kier molecular flexibility index (Phi) is 4.37. The lowest BCUT2D eigenvalue weighted by Crippen LogP contribution is -2.68. The van der Waals surface area contributed by atoms with Crippen LogP contribution in [0.5, 0.6) is 0 Å². The van der Waals surface area contributed by atoms with E-state index in [1.807, 2.05) is 42.2 Å². The van der Waals surface area contributed by atoms with Crippen LogP contribution in [0.4, 0.5) is 5.69 Å². The molecule has 2 amide bonds. The van der Waals surface area contributed by atoms with Crippen LogP contribution in [0.2, 0.25) is 0 Å². The number of morpholine rings is 1. The molecular formula is C17H22N2O4. The van der Waals surface area contributed by atoms with Crippen LogP contribution in [0.15, 0.2) is 30.3 Å². The molecule has 2 fully saturated rings. The van der Waals surface area contributed by atoms with Crippen molar-refractivity contribution in [1.29, 1.82) is 0 Å². The third-order valence-electron chi connectivity index (χ3n) is 4.64. The summed E-state index contributed by atoms with van der Waals surface area (Å²) in [5.74, 6) is -0.0747. The van der Waals surface area contributed by atoms with Gasteiger partial charge in [-0.2, -0.15) is 0 Å². The van der Waals surface area contributed by atoms with Crippen LogP contribution < -0.4 is 4.90 Å². The Morgan fingerprint density at radius 1 is 1.39 bits per heavy atom. The second-order valence-electron chi connectivity index (χ2n) is 6.25. The number of hydrogen-bond donors (Lipinski definition) is 0. The predicted octanol–water partition coefficient (Wildman–Crippen LogP) is 1.06. The monoisotopic (exact) mass is 318 g/mol. The summed E-state index contributed by atoms with van der Waals surface area (Å²) < 4.78 is 10.8. The molecule has 3 rings (SSSR count). The topological polar surface area (TPSA) is 59.1 Å². The van der Waals surface area contributed by atoms with E-state index in [9.17, 15) is 9.59 Å². The summed E-state index contributed by atoms with van der Waals surface area (Å²) in [5, 5.41) is 0. The number of carbonyl (C=O) groups excluding carboxylic acids is 2. The summed E-state index contributed by atoms with van der Waals surface area (Å²) in [5.41, 5.74) is 0.319. The summed E-state index contributed by atoms with van der Waals surface area (Å²) in [6.07, 6.45) is 0.687. The molecule has 0 unspecified atom stereocenters. The van der Waals surface area contributed by atoms with Crippen LogP contribution >= 0.6 is 0 Å². The molecule has 2 saturated heterocycles. The molecule has 6 nitrogen and oxygen atoms in total. The van der Waals surface area contributed by atoms with Gasteiger partial charge >= 0.3 is 0 Å². The SMILES string of the molecule is COCC(=O)N1CC[C@H]2N(c3ccccc3)C(=O)CO[C@]2(C)C1. The van der Waals surface area contributed by atoms with E-state index in [0.29, 0.717) is 19.5 Å². The van der Waals surface area contributed by atoms with Crippen molar-refractivity contribution in [2.75, 3.05) is 38.3 Å². The van der Waals surface area contributed by atoms with Gasteiger partial charge in [0.05, 0.1) is 12.6 Å². The van der Waals surface area contributed by atoms with Crippen LogP contribution in [0, 0.1) is 0 Å². The Labute approximate surface area is 136 Å². The number of rotatable bonds is 3. The highest BCUT2D eigenvalue weighted by Gasteiger charge is 2.50. The van der Waals surface area contributed by atoms with Gasteiger partial charge in [-0.1, -0.05) is 18.2 Å². The van der Waals surface area contributed by atoms with Crippen molar-refractivity contribution >= 4 is 17.5 Å². The standard InChI is InChI=1S/C17H22N2O4/c1-17-12-18(15(20)10-22-2)9-8-14(17)19(16(21)11-23-17)13-6-4-3-5-7-13/h3-7,14H,8-12H2,1-2H3/t14-,17-/m1/s1. The second kappa shape index (κ2) is 6.29. The minimum atomic E-state index is -0.564. The van der Waals surface area contributed by atoms with Gasteiger partial charge in [0.1, 0.15) is 18.8 Å². The van der Waals surface area contributed by atoms with E-state index in [-0.39, 0.29) is 31.1 Å². The van der Waals surface area contributed by atoms with Crippen LogP contribution in [0.3, 0.4) is 0 Å². The van der Waals surface area contributed by atoms with Crippen LogP contribution in [-0.2, 0) is 19.1 Å². The Hall–Kier alpha value is -1.92. The van der Waals surface area contributed by atoms with Gasteiger partial charge < -0.3 is 19.3 Å². The number of ether oxygens (including phenoxy) is 2. The first kappa shape index (κ1) is 16.0. The van der Waals surface area contributed by atoms with Crippen LogP contribution in [-0.4, -0.2) is 61.8 Å². The highest BCUT2D eigenvalue weighted by molar-refractivity contribution is 5.96. The number of nitrogens with zero attached hydrogens (tertiary/aromatic N) is 2. The number of benzene rings is 1. The van der Waals surface area contributed by atoms with Crippen molar-refractivity contribution in [2.24, 2.45) is 0 Å². The Bertz CT molecular complexity index is 592. The number of para-hydroxylation sites is 1. The van der Waals surface area contributed by atoms with E-state index in [0.717, 1.165) is 5.69 Å². The van der Waals surface area contributed by atoms with Gasteiger partial charge in [0.2, 0.25) is 5.91 Å². The number of piperidine rings is 1. The Balaban J connectivity index is 1.84. The summed E-state index contributed by atoms with van der Waals surface area (Å²) in [6.45, 7) is 3.15. The molecule has 2 aliphatic heterocycles. The molecule has 0 aliphatic carbocycles. The number of fused-ring (bicyclic) bond motifs is 1. The fourth-order valence-electron chi connectivity index (χ4n) is 3.50. The van der Waals surface area contributed by atoms with E-state index in [1.165, 1.54) is 7.11 Å². The quantitative estimate of drug-likeness (QED) is 0.836. The first-order valence-corrected chi connectivity index (χ1v) is 7.83. The minimum absolute atomic E-state index is 0.0321. The van der Waals surface area contributed by atoms with Crippen molar-refractivity contribution in [1.82, 2.24) is 4.90 Å². The average Bonchev–Trinajstić information content (AvgIpc) is 2.56. The maximum absolute atomic E-state index is 12.4. The number of amides is 2. The molecular weight excluding hydrogens is 296 g/mol. The van der Waals surface area contributed by atoms with Gasteiger partial charge in [0, 0.05) is 19.3 Å².